The molecule has 8 heteroatoms. The monoisotopic (exact) mass is 555 g/mol. The van der Waals surface area contributed by atoms with Crippen LogP contribution in [0.5, 0.6) is 0 Å². The van der Waals surface area contributed by atoms with Gasteiger partial charge in [0.2, 0.25) is 0 Å². The number of benzene rings is 3. The number of fused-ring (bicyclic) bond motifs is 5. The van der Waals surface area contributed by atoms with Crippen LogP contribution in [0.25, 0.3) is 10.8 Å². The second-order valence-electron chi connectivity index (χ2n) is 11.9. The quantitative estimate of drug-likeness (QED) is 0.252. The highest BCUT2D eigenvalue weighted by atomic mass is 32.2. The Hall–Kier alpha value is -3.39. The number of hydrogen-bond donors (Lipinski definition) is 0. The molecular weight excluding hydrogens is 522 g/mol. The van der Waals surface area contributed by atoms with Crippen molar-refractivity contribution in [2.24, 2.45) is 0 Å². The zero-order valence-electron chi connectivity index (χ0n) is 22.5. The third-order valence-corrected chi connectivity index (χ3v) is 11.5. The lowest BCUT2D eigenvalue weighted by atomic mass is 9.80. The molecule has 40 heavy (non-hydrogen) atoms. The van der Waals surface area contributed by atoms with E-state index in [9.17, 15) is 19.7 Å². The highest BCUT2D eigenvalue weighted by Crippen LogP contribution is 2.63. The largest absolute Gasteiger partial charge is 0.310 e. The third-order valence-electron chi connectivity index (χ3n) is 9.51. The third kappa shape index (κ3) is 3.94. The molecule has 7 nitrogen and oxygen atoms in total. The SMILES string of the molecule is O=C1C2N(C(=O)c3cc([N+](=O)[O-])ccc3N1Cc1ccc3ccccc3c1)C1(CCCCC1)SC21CCCCC1. The molecule has 206 valence electrons. The van der Waals surface area contributed by atoms with Gasteiger partial charge < -0.3 is 9.80 Å². The number of nitrogens with zero attached hydrogens (tertiary/aromatic N) is 3. The fourth-order valence-corrected chi connectivity index (χ4v) is 10.0. The minimum atomic E-state index is -0.574. The molecule has 2 aliphatic heterocycles. The summed E-state index contributed by atoms with van der Waals surface area (Å²) in [6.45, 7) is 0.305. The highest BCUT2D eigenvalue weighted by molar-refractivity contribution is 8.02. The Kier molecular flexibility index (Phi) is 6.15. The molecule has 4 aliphatic rings. The van der Waals surface area contributed by atoms with E-state index in [2.05, 4.69) is 24.3 Å². The first-order valence-electron chi connectivity index (χ1n) is 14.5. The van der Waals surface area contributed by atoms with Gasteiger partial charge in [0.15, 0.2) is 0 Å². The van der Waals surface area contributed by atoms with E-state index >= 15 is 0 Å². The van der Waals surface area contributed by atoms with Crippen molar-refractivity contribution < 1.29 is 14.5 Å². The Bertz CT molecular complexity index is 1530. The molecule has 0 radical (unpaired) electrons. The maximum Gasteiger partial charge on any atom is 0.270 e. The summed E-state index contributed by atoms with van der Waals surface area (Å²) in [5.74, 6) is -0.277. The van der Waals surface area contributed by atoms with Crippen molar-refractivity contribution in [2.75, 3.05) is 4.90 Å². The van der Waals surface area contributed by atoms with Crippen LogP contribution in [0.3, 0.4) is 0 Å². The number of non-ortho nitro benzene ring substituents is 1. The van der Waals surface area contributed by atoms with Crippen LogP contribution in [0.2, 0.25) is 0 Å². The average Bonchev–Trinajstić information content (AvgIpc) is 3.18. The minimum absolute atomic E-state index is 0.0500. The van der Waals surface area contributed by atoms with Crippen molar-refractivity contribution in [2.45, 2.75) is 86.4 Å². The smallest absolute Gasteiger partial charge is 0.270 e. The fourth-order valence-electron chi connectivity index (χ4n) is 7.69. The van der Waals surface area contributed by atoms with Crippen LogP contribution in [0.15, 0.2) is 60.7 Å². The summed E-state index contributed by atoms with van der Waals surface area (Å²) in [7, 11) is 0. The Morgan fingerprint density at radius 2 is 1.55 bits per heavy atom. The lowest BCUT2D eigenvalue weighted by molar-refractivity contribution is -0.384. The number of nitro groups is 1. The first-order valence-corrected chi connectivity index (χ1v) is 15.3. The van der Waals surface area contributed by atoms with Gasteiger partial charge in [-0.3, -0.25) is 19.7 Å². The van der Waals surface area contributed by atoms with Crippen LogP contribution in [0.1, 0.15) is 80.1 Å². The lowest BCUT2D eigenvalue weighted by Crippen LogP contribution is -2.58. The predicted octanol–water partition coefficient (Wildman–Crippen LogP) is 7.22. The normalized spacial score (nSPS) is 23.4. The molecule has 1 saturated heterocycles. The maximum absolute atomic E-state index is 14.9. The molecule has 7 rings (SSSR count). The number of amides is 2. The van der Waals surface area contributed by atoms with Crippen LogP contribution in [0, 0.1) is 10.1 Å². The van der Waals surface area contributed by atoms with E-state index in [0.29, 0.717) is 12.2 Å². The molecule has 3 fully saturated rings. The second-order valence-corrected chi connectivity index (χ2v) is 13.7. The van der Waals surface area contributed by atoms with Crippen LogP contribution in [0.4, 0.5) is 11.4 Å². The first-order chi connectivity index (χ1) is 19.4. The maximum atomic E-state index is 14.9. The zero-order chi connectivity index (χ0) is 27.5. The summed E-state index contributed by atoms with van der Waals surface area (Å²) in [4.78, 5) is 44.1. The van der Waals surface area contributed by atoms with Crippen molar-refractivity contribution in [1.82, 2.24) is 4.90 Å². The molecule has 3 aromatic rings. The average molecular weight is 556 g/mol. The summed E-state index contributed by atoms with van der Waals surface area (Å²) in [5.41, 5.74) is 1.59. The molecule has 2 aliphatic carbocycles. The van der Waals surface area contributed by atoms with Gasteiger partial charge in [0.05, 0.1) is 27.6 Å². The zero-order valence-corrected chi connectivity index (χ0v) is 23.3. The number of nitro benzene ring substituents is 1. The molecule has 0 aromatic heterocycles. The molecule has 1 unspecified atom stereocenters. The lowest BCUT2D eigenvalue weighted by Gasteiger charge is -2.41. The van der Waals surface area contributed by atoms with Crippen LogP contribution in [-0.2, 0) is 11.3 Å². The van der Waals surface area contributed by atoms with E-state index in [1.54, 1.807) is 11.0 Å². The number of anilines is 1. The topological polar surface area (TPSA) is 83.8 Å². The van der Waals surface area contributed by atoms with Gasteiger partial charge in [-0.15, -0.1) is 11.8 Å². The molecule has 2 amide bonds. The summed E-state index contributed by atoms with van der Waals surface area (Å²) >= 11 is 1.90. The Labute approximate surface area is 238 Å². The standard InChI is InChI=1S/C32H33N3O4S/c36-29-26-20-25(35(38)39)13-14-27(26)33(21-22-11-12-23-9-3-4-10-24(23)19-22)30(37)28-31(15-5-1-6-16-31)40-32(34(28)29)17-7-2-8-18-32/h3-4,9-14,19-20,28H,1-2,5-8,15-18,21H2. The van der Waals surface area contributed by atoms with Crippen molar-refractivity contribution in [1.29, 1.82) is 0 Å². The van der Waals surface area contributed by atoms with E-state index in [1.807, 2.05) is 34.9 Å². The highest BCUT2D eigenvalue weighted by Gasteiger charge is 2.65. The predicted molar refractivity (Wildman–Crippen MR) is 157 cm³/mol. The molecule has 3 aromatic carbocycles. The van der Waals surface area contributed by atoms with E-state index in [4.69, 9.17) is 0 Å². The number of rotatable bonds is 3. The Balaban J connectivity index is 1.40. The Morgan fingerprint density at radius 1 is 0.850 bits per heavy atom. The summed E-state index contributed by atoms with van der Waals surface area (Å²) in [5, 5.41) is 14.0. The number of carbonyl (C=O) groups is 2. The fraction of sp³-hybridized carbons (Fsp3) is 0.438. The van der Waals surface area contributed by atoms with Gasteiger partial charge in [0.25, 0.3) is 17.5 Å². The van der Waals surface area contributed by atoms with E-state index < -0.39 is 15.8 Å². The van der Waals surface area contributed by atoms with Gasteiger partial charge in [-0.1, -0.05) is 74.9 Å². The summed E-state index contributed by atoms with van der Waals surface area (Å²) < 4.78 is -0.321. The van der Waals surface area contributed by atoms with Crippen LogP contribution >= 0.6 is 11.8 Å². The summed E-state index contributed by atoms with van der Waals surface area (Å²) in [6, 6.07) is 18.2. The van der Waals surface area contributed by atoms with E-state index in [-0.39, 0.29) is 27.8 Å². The van der Waals surface area contributed by atoms with Gasteiger partial charge >= 0.3 is 0 Å². The number of hydrogen-bond acceptors (Lipinski definition) is 5. The van der Waals surface area contributed by atoms with E-state index in [0.717, 1.165) is 80.5 Å². The molecule has 0 N–H and O–H groups in total. The van der Waals surface area contributed by atoms with Gasteiger partial charge in [-0.25, -0.2) is 0 Å². The van der Waals surface area contributed by atoms with Crippen LogP contribution in [-0.4, -0.2) is 37.3 Å². The van der Waals surface area contributed by atoms with Gasteiger partial charge in [-0.05, 0) is 54.2 Å². The van der Waals surface area contributed by atoms with Crippen molar-refractivity contribution in [3.8, 4) is 0 Å². The van der Waals surface area contributed by atoms with E-state index in [1.165, 1.54) is 12.1 Å². The molecule has 1 atom stereocenters. The number of carbonyl (C=O) groups excluding carboxylic acids is 2. The molecule has 2 saturated carbocycles. The molecule has 0 bridgehead atoms. The first kappa shape index (κ1) is 25.6. The Morgan fingerprint density at radius 3 is 2.27 bits per heavy atom. The second kappa shape index (κ2) is 9.61. The minimum Gasteiger partial charge on any atom is -0.310 e. The van der Waals surface area contributed by atoms with Crippen molar-refractivity contribution in [3.63, 3.8) is 0 Å². The molecular formula is C32H33N3O4S. The van der Waals surface area contributed by atoms with Gasteiger partial charge in [0, 0.05) is 16.9 Å². The van der Waals surface area contributed by atoms with Gasteiger partial charge in [-0.2, -0.15) is 0 Å². The van der Waals surface area contributed by atoms with Crippen molar-refractivity contribution >= 4 is 45.7 Å². The van der Waals surface area contributed by atoms with Crippen LogP contribution < -0.4 is 4.90 Å². The molecule has 2 spiro atoms. The summed E-state index contributed by atoms with van der Waals surface area (Å²) in [6.07, 6.45) is 10.00. The van der Waals surface area contributed by atoms with Gasteiger partial charge in [0.1, 0.15) is 6.04 Å². The number of thioether (sulfide) groups is 1. The van der Waals surface area contributed by atoms with Crippen molar-refractivity contribution in [3.05, 3.63) is 81.9 Å². The molecule has 2 heterocycles.